The lowest BCUT2D eigenvalue weighted by atomic mass is 9.87. The average molecular weight is 648 g/mol. The maximum Gasteiger partial charge on any atom is 0.249 e. The van der Waals surface area contributed by atoms with Crippen LogP contribution in [0.5, 0.6) is 5.75 Å². The number of halogens is 2. The summed E-state index contributed by atoms with van der Waals surface area (Å²) in [6, 6.07) is 26.2. The molecule has 0 radical (unpaired) electrons. The minimum Gasteiger partial charge on any atom is -0.494 e. The Labute approximate surface area is 273 Å². The molecule has 0 unspecified atom stereocenters. The van der Waals surface area contributed by atoms with Gasteiger partial charge in [-0.1, -0.05) is 89.9 Å². The Morgan fingerprint density at radius 3 is 2.02 bits per heavy atom. The van der Waals surface area contributed by atoms with Crippen molar-refractivity contribution in [2.24, 2.45) is 11.5 Å². The van der Waals surface area contributed by atoms with E-state index in [1.807, 2.05) is 73.7 Å². The molecule has 0 aliphatic carbocycles. The maximum atomic E-state index is 14.2. The number of amides is 3. The molecule has 0 bridgehead atoms. The predicted molar refractivity (Wildman–Crippen MR) is 177 cm³/mol. The number of carbonyl (C=O) groups excluding carboxylic acids is 3. The summed E-state index contributed by atoms with van der Waals surface area (Å²) in [5, 5.41) is 6.09. The molecule has 0 aromatic heterocycles. The zero-order valence-electron chi connectivity index (χ0n) is 24.9. The molecule has 0 saturated carbocycles. The molecule has 0 heterocycles. The fraction of sp³-hybridized carbons (Fsp3) is 0.229. The number of nitrogens with one attached hydrogen (secondary N) is 2. The van der Waals surface area contributed by atoms with Gasteiger partial charge in [-0.05, 0) is 65.4 Å². The Morgan fingerprint density at radius 1 is 0.778 bits per heavy atom. The van der Waals surface area contributed by atoms with Gasteiger partial charge in [0.05, 0.1) is 22.6 Å². The molecule has 4 aromatic carbocycles. The van der Waals surface area contributed by atoms with Gasteiger partial charge >= 0.3 is 0 Å². The lowest BCUT2D eigenvalue weighted by Crippen LogP contribution is -2.49. The second-order valence-electron chi connectivity index (χ2n) is 10.5. The highest BCUT2D eigenvalue weighted by Gasteiger charge is 2.32. The maximum absolute atomic E-state index is 14.2. The molecule has 3 amide bonds. The largest absolute Gasteiger partial charge is 0.494 e. The zero-order chi connectivity index (χ0) is 32.3. The molecule has 0 aliphatic rings. The summed E-state index contributed by atoms with van der Waals surface area (Å²) in [7, 11) is 0. The van der Waals surface area contributed by atoms with Gasteiger partial charge in [0.2, 0.25) is 17.7 Å². The molecule has 4 rings (SSSR count). The summed E-state index contributed by atoms with van der Waals surface area (Å²) in [6.45, 7) is 3.07. The Bertz CT molecular complexity index is 1610. The van der Waals surface area contributed by atoms with Crippen LogP contribution in [0.25, 0.3) is 0 Å². The zero-order valence-corrected chi connectivity index (χ0v) is 26.4. The van der Waals surface area contributed by atoms with E-state index in [0.717, 1.165) is 22.3 Å². The van der Waals surface area contributed by atoms with Crippen LogP contribution in [0.3, 0.4) is 0 Å². The molecule has 4 aromatic rings. The molecular weight excluding hydrogens is 611 g/mol. The Kier molecular flexibility index (Phi) is 12.0. The first kappa shape index (κ1) is 33.5. The second kappa shape index (κ2) is 16.1. The third-order valence-electron chi connectivity index (χ3n) is 7.38. The summed E-state index contributed by atoms with van der Waals surface area (Å²) in [4.78, 5) is 40.3. The molecule has 10 heteroatoms. The fourth-order valence-corrected chi connectivity index (χ4v) is 5.47. The number of benzene rings is 4. The van der Waals surface area contributed by atoms with Crippen molar-refractivity contribution in [1.82, 2.24) is 10.6 Å². The second-order valence-corrected chi connectivity index (χ2v) is 11.3. The molecule has 0 saturated heterocycles. The van der Waals surface area contributed by atoms with E-state index in [2.05, 4.69) is 10.6 Å². The van der Waals surface area contributed by atoms with E-state index in [-0.39, 0.29) is 46.5 Å². The van der Waals surface area contributed by atoms with Crippen molar-refractivity contribution >= 4 is 40.9 Å². The molecule has 45 heavy (non-hydrogen) atoms. The van der Waals surface area contributed by atoms with Crippen LogP contribution in [0, 0.1) is 0 Å². The van der Waals surface area contributed by atoms with Crippen molar-refractivity contribution in [1.29, 1.82) is 0 Å². The van der Waals surface area contributed by atoms with E-state index >= 15 is 0 Å². The molecule has 0 fully saturated rings. The molecule has 0 spiro atoms. The van der Waals surface area contributed by atoms with Crippen LogP contribution in [-0.4, -0.2) is 30.4 Å². The smallest absolute Gasteiger partial charge is 0.249 e. The summed E-state index contributed by atoms with van der Waals surface area (Å²) < 4.78 is 5.56. The van der Waals surface area contributed by atoms with Gasteiger partial charge in [0.15, 0.2) is 0 Å². The molecule has 6 N–H and O–H groups in total. The molecule has 8 nitrogen and oxygen atoms in total. The first-order valence-corrected chi connectivity index (χ1v) is 15.3. The van der Waals surface area contributed by atoms with Crippen molar-refractivity contribution in [2.75, 3.05) is 6.61 Å². The van der Waals surface area contributed by atoms with Crippen molar-refractivity contribution in [2.45, 2.75) is 44.8 Å². The van der Waals surface area contributed by atoms with Gasteiger partial charge in [-0.3, -0.25) is 14.4 Å². The number of rotatable bonds is 14. The van der Waals surface area contributed by atoms with E-state index in [9.17, 15) is 14.4 Å². The normalized spacial score (nSPS) is 12.2. The SMILES string of the molecule is CCOc1ccc(C[C@@H](C(=O)N[C@@H](Cc2ccccc2)C(=O)NCc2ccc(CN)cc2)c2c(C(N)=O)ccc(Cl)c2Cl)cc1. The third kappa shape index (κ3) is 9.08. The Morgan fingerprint density at radius 2 is 1.40 bits per heavy atom. The molecule has 234 valence electrons. The number of ether oxygens (including phenoxy) is 1. The Hall–Kier alpha value is -4.37. The van der Waals surface area contributed by atoms with E-state index in [1.165, 1.54) is 12.1 Å². The summed E-state index contributed by atoms with van der Waals surface area (Å²) in [5.41, 5.74) is 15.2. The van der Waals surface area contributed by atoms with Crippen molar-refractivity contribution in [3.05, 3.63) is 134 Å². The van der Waals surface area contributed by atoms with Gasteiger partial charge < -0.3 is 26.8 Å². The van der Waals surface area contributed by atoms with E-state index in [0.29, 0.717) is 18.9 Å². The number of carbonyl (C=O) groups is 3. The van der Waals surface area contributed by atoms with Crippen LogP contribution in [0.4, 0.5) is 0 Å². The van der Waals surface area contributed by atoms with Gasteiger partial charge in [0, 0.05) is 25.1 Å². The highest BCUT2D eigenvalue weighted by atomic mass is 35.5. The summed E-state index contributed by atoms with van der Waals surface area (Å²) >= 11 is 13.0. The van der Waals surface area contributed by atoms with Crippen LogP contribution in [0.1, 0.15) is 51.0 Å². The minimum atomic E-state index is -1.01. The van der Waals surface area contributed by atoms with Gasteiger partial charge in [-0.25, -0.2) is 0 Å². The predicted octanol–water partition coefficient (Wildman–Crippen LogP) is 5.32. The number of hydrogen-bond acceptors (Lipinski definition) is 5. The standard InChI is InChI=1S/C35H36Cl2N4O4/c1-2-45-26-14-12-23(13-15-26)18-28(31-27(33(39)42)16-17-29(36)32(31)37)34(43)41-30(19-22-6-4-3-5-7-22)35(44)40-21-25-10-8-24(20-38)9-11-25/h3-17,28,30H,2,18-21,38H2,1H3,(H2,39,42)(H,40,44)(H,41,43)/t28-,30+/m1/s1. The van der Waals surface area contributed by atoms with E-state index in [1.54, 1.807) is 12.1 Å². The fourth-order valence-electron chi connectivity index (χ4n) is 5.01. The first-order chi connectivity index (χ1) is 21.7. The summed E-state index contributed by atoms with van der Waals surface area (Å²) in [6.07, 6.45) is 0.373. The van der Waals surface area contributed by atoms with Gasteiger partial charge in [0.1, 0.15) is 11.8 Å². The van der Waals surface area contributed by atoms with Crippen LogP contribution < -0.4 is 26.8 Å². The number of primary amides is 1. The van der Waals surface area contributed by atoms with Gasteiger partial charge in [-0.15, -0.1) is 0 Å². The lowest BCUT2D eigenvalue weighted by Gasteiger charge is -2.25. The van der Waals surface area contributed by atoms with Crippen LogP contribution in [0.2, 0.25) is 10.0 Å². The van der Waals surface area contributed by atoms with Crippen LogP contribution >= 0.6 is 23.2 Å². The molecule has 0 aliphatic heterocycles. The van der Waals surface area contributed by atoms with E-state index in [4.69, 9.17) is 39.4 Å². The van der Waals surface area contributed by atoms with Crippen molar-refractivity contribution in [3.63, 3.8) is 0 Å². The van der Waals surface area contributed by atoms with E-state index < -0.39 is 23.8 Å². The van der Waals surface area contributed by atoms with Crippen molar-refractivity contribution < 1.29 is 19.1 Å². The van der Waals surface area contributed by atoms with Crippen LogP contribution in [0.15, 0.2) is 91.0 Å². The van der Waals surface area contributed by atoms with Crippen LogP contribution in [-0.2, 0) is 35.5 Å². The highest BCUT2D eigenvalue weighted by molar-refractivity contribution is 6.43. The number of nitrogens with two attached hydrogens (primary N) is 2. The minimum absolute atomic E-state index is 0.0454. The Balaban J connectivity index is 1.67. The third-order valence-corrected chi connectivity index (χ3v) is 8.20. The summed E-state index contributed by atoms with van der Waals surface area (Å²) in [5.74, 6) is -1.97. The quantitative estimate of drug-likeness (QED) is 0.147. The first-order valence-electron chi connectivity index (χ1n) is 14.6. The van der Waals surface area contributed by atoms with Crippen molar-refractivity contribution in [3.8, 4) is 5.75 Å². The highest BCUT2D eigenvalue weighted by Crippen LogP contribution is 2.36. The topological polar surface area (TPSA) is 137 Å². The lowest BCUT2D eigenvalue weighted by molar-refractivity contribution is -0.129. The average Bonchev–Trinajstić information content (AvgIpc) is 3.05. The molecule has 2 atom stereocenters. The van der Waals surface area contributed by atoms with Gasteiger partial charge in [-0.2, -0.15) is 0 Å². The molecular formula is C35H36Cl2N4O4. The van der Waals surface area contributed by atoms with Gasteiger partial charge in [0.25, 0.3) is 0 Å². The monoisotopic (exact) mass is 646 g/mol. The number of hydrogen-bond donors (Lipinski definition) is 4.